The van der Waals surface area contributed by atoms with Crippen molar-refractivity contribution in [3.63, 3.8) is 0 Å². The molecular weight excluding hydrogens is 568 g/mol. The van der Waals surface area contributed by atoms with Crippen LogP contribution in [0.5, 0.6) is 0 Å². The van der Waals surface area contributed by atoms with E-state index in [0.717, 1.165) is 45.9 Å². The highest BCUT2D eigenvalue weighted by Crippen LogP contribution is 2.35. The standard InChI is InChI=1S/C33H39F2N5O4/c1-20(42-4)16-28-36-17-26(38-28)24-10-6-22(7-11-24)23-8-12-25(13-9-23)27-18-37-30(39-27)29(21(2)43-5)40-31(41)32(3)14-15-33(34,35)19-44-32/h6-13,17-18,20-21,29H,14-16,19H2,1-5H3,(H,36,38)(H,37,39)(H,40,41)/t20-,21-,29+,32-/m1/s1. The van der Waals surface area contributed by atoms with Crippen LogP contribution in [0.4, 0.5) is 8.78 Å². The van der Waals surface area contributed by atoms with Crippen molar-refractivity contribution in [2.75, 3.05) is 20.8 Å². The van der Waals surface area contributed by atoms with Crippen LogP contribution in [0.1, 0.15) is 51.3 Å². The average molecular weight is 608 g/mol. The number of carbonyl (C=O) groups excluding carboxylic acids is 1. The fourth-order valence-corrected chi connectivity index (χ4v) is 5.14. The summed E-state index contributed by atoms with van der Waals surface area (Å²) in [6.07, 6.45) is 3.41. The topological polar surface area (TPSA) is 114 Å². The zero-order valence-electron chi connectivity index (χ0n) is 25.6. The van der Waals surface area contributed by atoms with Gasteiger partial charge in [-0.25, -0.2) is 18.7 Å². The van der Waals surface area contributed by atoms with E-state index in [-0.39, 0.29) is 12.5 Å². The maximum Gasteiger partial charge on any atom is 0.271 e. The number of amides is 1. The summed E-state index contributed by atoms with van der Waals surface area (Å²) in [6, 6.07) is 15.7. The van der Waals surface area contributed by atoms with E-state index in [1.54, 1.807) is 20.2 Å². The maximum atomic E-state index is 13.6. The number of aromatic amines is 2. The average Bonchev–Trinajstić information content (AvgIpc) is 3.71. The minimum atomic E-state index is -2.93. The van der Waals surface area contributed by atoms with Gasteiger partial charge >= 0.3 is 0 Å². The molecule has 5 rings (SSSR count). The molecule has 0 aliphatic carbocycles. The van der Waals surface area contributed by atoms with E-state index in [1.807, 2.05) is 37.4 Å². The number of rotatable bonds is 11. The second kappa shape index (κ2) is 13.0. The summed E-state index contributed by atoms with van der Waals surface area (Å²) in [5.74, 6) is -2.03. The molecule has 3 N–H and O–H groups in total. The third kappa shape index (κ3) is 7.06. The van der Waals surface area contributed by atoms with E-state index in [4.69, 9.17) is 14.2 Å². The van der Waals surface area contributed by atoms with Gasteiger partial charge in [0.25, 0.3) is 11.8 Å². The molecule has 0 bridgehead atoms. The smallest absolute Gasteiger partial charge is 0.271 e. The fraction of sp³-hybridized carbons (Fsp3) is 0.424. The van der Waals surface area contributed by atoms with Crippen molar-refractivity contribution in [1.82, 2.24) is 25.3 Å². The summed E-state index contributed by atoms with van der Waals surface area (Å²) in [5, 5.41) is 2.91. The van der Waals surface area contributed by atoms with Crippen LogP contribution in [0.25, 0.3) is 33.6 Å². The quantitative estimate of drug-likeness (QED) is 0.190. The zero-order valence-corrected chi connectivity index (χ0v) is 25.6. The molecule has 2 aromatic heterocycles. The Kier molecular flexibility index (Phi) is 9.28. The first-order valence-corrected chi connectivity index (χ1v) is 14.7. The molecule has 1 saturated heterocycles. The van der Waals surface area contributed by atoms with Gasteiger partial charge < -0.3 is 29.5 Å². The van der Waals surface area contributed by atoms with Gasteiger partial charge in [0.2, 0.25) is 0 Å². The summed E-state index contributed by atoms with van der Waals surface area (Å²) in [5.41, 5.74) is 4.46. The normalized spacial score (nSPS) is 20.2. The van der Waals surface area contributed by atoms with Crippen molar-refractivity contribution in [3.05, 3.63) is 72.6 Å². The third-order valence-electron chi connectivity index (χ3n) is 8.30. The molecule has 3 heterocycles. The highest BCUT2D eigenvalue weighted by atomic mass is 19.3. The molecule has 11 heteroatoms. The lowest BCUT2D eigenvalue weighted by Crippen LogP contribution is -2.54. The van der Waals surface area contributed by atoms with Gasteiger partial charge in [-0.05, 0) is 49.4 Å². The highest BCUT2D eigenvalue weighted by Gasteiger charge is 2.46. The molecule has 2 aromatic carbocycles. The van der Waals surface area contributed by atoms with Crippen molar-refractivity contribution in [2.24, 2.45) is 0 Å². The number of nitrogens with one attached hydrogen (secondary N) is 3. The predicted molar refractivity (Wildman–Crippen MR) is 163 cm³/mol. The largest absolute Gasteiger partial charge is 0.381 e. The number of H-pyrrole nitrogens is 2. The number of hydrogen-bond donors (Lipinski definition) is 3. The Morgan fingerprint density at radius 1 is 0.909 bits per heavy atom. The SMILES string of the molecule is CO[C@H](C)Cc1ncc(-c2ccc(-c3ccc(-c4cnc([C@@H](NC(=O)[C@@]5(C)CCC(F)(F)CO5)[C@@H](C)OC)[nH]4)cc3)cc2)[nH]1. The van der Waals surface area contributed by atoms with Crippen molar-refractivity contribution >= 4 is 5.91 Å². The first-order chi connectivity index (χ1) is 21.0. The lowest BCUT2D eigenvalue weighted by molar-refractivity contribution is -0.190. The van der Waals surface area contributed by atoms with Gasteiger partial charge in [0.15, 0.2) is 0 Å². The molecule has 9 nitrogen and oxygen atoms in total. The molecule has 4 aromatic rings. The third-order valence-corrected chi connectivity index (χ3v) is 8.30. The van der Waals surface area contributed by atoms with Gasteiger partial charge in [0, 0.05) is 27.1 Å². The lowest BCUT2D eigenvalue weighted by atomic mass is 9.93. The Balaban J connectivity index is 1.26. The van der Waals surface area contributed by atoms with Crippen LogP contribution < -0.4 is 5.32 Å². The van der Waals surface area contributed by atoms with Crippen molar-refractivity contribution in [1.29, 1.82) is 0 Å². The molecular formula is C33H39F2N5O4. The van der Waals surface area contributed by atoms with E-state index >= 15 is 0 Å². The number of imidazole rings is 2. The van der Waals surface area contributed by atoms with Gasteiger partial charge in [-0.2, -0.15) is 0 Å². The first-order valence-electron chi connectivity index (χ1n) is 14.7. The first kappa shape index (κ1) is 31.5. The highest BCUT2D eigenvalue weighted by molar-refractivity contribution is 5.85. The molecule has 1 aliphatic rings. The molecule has 234 valence electrons. The summed E-state index contributed by atoms with van der Waals surface area (Å²) >= 11 is 0. The van der Waals surface area contributed by atoms with Crippen LogP contribution in [0, 0.1) is 0 Å². The number of alkyl halides is 2. The monoisotopic (exact) mass is 607 g/mol. The maximum absolute atomic E-state index is 13.6. The fourth-order valence-electron chi connectivity index (χ4n) is 5.14. The number of halogens is 2. The van der Waals surface area contributed by atoms with E-state index < -0.39 is 42.6 Å². The summed E-state index contributed by atoms with van der Waals surface area (Å²) in [6.45, 7) is 4.56. The minimum Gasteiger partial charge on any atom is -0.381 e. The van der Waals surface area contributed by atoms with Gasteiger partial charge in [-0.3, -0.25) is 4.79 Å². The Labute approximate surface area is 255 Å². The lowest BCUT2D eigenvalue weighted by Gasteiger charge is -2.37. The van der Waals surface area contributed by atoms with Gasteiger partial charge in [0.1, 0.15) is 29.9 Å². The van der Waals surface area contributed by atoms with Crippen molar-refractivity contribution in [2.45, 2.75) is 69.8 Å². The molecule has 4 atom stereocenters. The number of nitrogens with zero attached hydrogens (tertiary/aromatic N) is 2. The summed E-state index contributed by atoms with van der Waals surface area (Å²) in [4.78, 5) is 28.8. The Bertz CT molecular complexity index is 1540. The number of carbonyl (C=O) groups is 1. The van der Waals surface area contributed by atoms with Crippen LogP contribution >= 0.6 is 0 Å². The second-order valence-corrected chi connectivity index (χ2v) is 11.6. The number of methoxy groups -OCH3 is 2. The molecule has 44 heavy (non-hydrogen) atoms. The minimum absolute atomic E-state index is 0.0866. The van der Waals surface area contributed by atoms with E-state index in [0.29, 0.717) is 5.82 Å². The molecule has 0 radical (unpaired) electrons. The Hall–Kier alpha value is -3.93. The molecule has 0 spiro atoms. The number of benzene rings is 2. The molecule has 0 unspecified atom stereocenters. The molecule has 1 aliphatic heterocycles. The molecule has 1 amide bonds. The van der Waals surface area contributed by atoms with Gasteiger partial charge in [-0.1, -0.05) is 48.5 Å². The van der Waals surface area contributed by atoms with Gasteiger partial charge in [0.05, 0.1) is 36.0 Å². The van der Waals surface area contributed by atoms with E-state index in [2.05, 4.69) is 49.5 Å². The molecule has 0 saturated carbocycles. The summed E-state index contributed by atoms with van der Waals surface area (Å²) < 4.78 is 43.4. The van der Waals surface area contributed by atoms with Crippen LogP contribution in [0.2, 0.25) is 0 Å². The van der Waals surface area contributed by atoms with Crippen LogP contribution in [-0.2, 0) is 25.4 Å². The number of aromatic nitrogens is 4. The zero-order chi connectivity index (χ0) is 31.5. The Morgan fingerprint density at radius 2 is 1.48 bits per heavy atom. The van der Waals surface area contributed by atoms with Crippen LogP contribution in [0.3, 0.4) is 0 Å². The second-order valence-electron chi connectivity index (χ2n) is 11.6. The van der Waals surface area contributed by atoms with Gasteiger partial charge in [-0.15, -0.1) is 0 Å². The number of ether oxygens (including phenoxy) is 3. The summed E-state index contributed by atoms with van der Waals surface area (Å²) in [7, 11) is 3.23. The van der Waals surface area contributed by atoms with Crippen molar-refractivity contribution < 1.29 is 27.8 Å². The van der Waals surface area contributed by atoms with Crippen LogP contribution in [-0.4, -0.2) is 70.4 Å². The van der Waals surface area contributed by atoms with E-state index in [1.165, 1.54) is 14.0 Å². The Morgan fingerprint density at radius 3 is 2.02 bits per heavy atom. The van der Waals surface area contributed by atoms with Crippen LogP contribution in [0.15, 0.2) is 60.9 Å². The van der Waals surface area contributed by atoms with E-state index in [9.17, 15) is 13.6 Å². The molecule has 1 fully saturated rings. The predicted octanol–water partition coefficient (Wildman–Crippen LogP) is 6.11. The number of hydrogen-bond acceptors (Lipinski definition) is 6. The van der Waals surface area contributed by atoms with Crippen molar-refractivity contribution in [3.8, 4) is 33.6 Å².